The molecule has 0 aromatic rings. The highest BCUT2D eigenvalue weighted by Crippen LogP contribution is 2.02. The van der Waals surface area contributed by atoms with Crippen LogP contribution in [0.1, 0.15) is 72.6 Å². The molecule has 0 aliphatic carbocycles. The summed E-state index contributed by atoms with van der Waals surface area (Å²) in [4.78, 5) is 0. The zero-order chi connectivity index (χ0) is 13.6. The monoisotopic (exact) mass is 252 g/mol. The highest BCUT2D eigenvalue weighted by molar-refractivity contribution is 5.92. The average Bonchev–Trinajstić information content (AvgIpc) is 2.36. The minimum atomic E-state index is 1.07. The number of rotatable bonds is 11. The predicted octanol–water partition coefficient (Wildman–Crippen LogP) is 5.01. The Hall–Kier alpha value is -0.790. The van der Waals surface area contributed by atoms with Crippen molar-refractivity contribution in [3.05, 3.63) is 12.2 Å². The molecule has 0 saturated heterocycles. The molecule has 0 aliphatic heterocycles. The van der Waals surface area contributed by atoms with Gasteiger partial charge in [0.25, 0.3) is 0 Å². The SMILES string of the molecule is CCCCC/C=C/C(C)=NN(CCC)CCCC. The van der Waals surface area contributed by atoms with Crippen LogP contribution in [0.5, 0.6) is 0 Å². The molecule has 0 rings (SSSR count). The average molecular weight is 252 g/mol. The Kier molecular flexibility index (Phi) is 12.1. The Labute approximate surface area is 114 Å². The fourth-order valence-corrected chi connectivity index (χ4v) is 1.83. The summed E-state index contributed by atoms with van der Waals surface area (Å²) < 4.78 is 0. The molecule has 2 nitrogen and oxygen atoms in total. The summed E-state index contributed by atoms with van der Waals surface area (Å²) in [6.07, 6.45) is 13.2. The third-order valence-electron chi connectivity index (χ3n) is 2.88. The fraction of sp³-hybridized carbons (Fsp3) is 0.812. The van der Waals surface area contributed by atoms with Gasteiger partial charge < -0.3 is 0 Å². The van der Waals surface area contributed by atoms with E-state index in [0.717, 1.165) is 18.8 Å². The van der Waals surface area contributed by atoms with Crippen LogP contribution < -0.4 is 0 Å². The van der Waals surface area contributed by atoms with E-state index in [1.807, 2.05) is 0 Å². The van der Waals surface area contributed by atoms with E-state index in [1.165, 1.54) is 44.9 Å². The number of hydrazone groups is 1. The Morgan fingerprint density at radius 3 is 2.28 bits per heavy atom. The maximum atomic E-state index is 4.68. The van der Waals surface area contributed by atoms with Crippen molar-refractivity contribution < 1.29 is 0 Å². The van der Waals surface area contributed by atoms with Crippen molar-refractivity contribution >= 4 is 5.71 Å². The molecular weight excluding hydrogens is 220 g/mol. The number of nitrogens with zero attached hydrogens (tertiary/aromatic N) is 2. The van der Waals surface area contributed by atoms with Gasteiger partial charge in [0.2, 0.25) is 0 Å². The van der Waals surface area contributed by atoms with E-state index in [2.05, 4.69) is 50.0 Å². The van der Waals surface area contributed by atoms with Gasteiger partial charge in [-0.3, -0.25) is 5.01 Å². The minimum absolute atomic E-state index is 1.07. The summed E-state index contributed by atoms with van der Waals surface area (Å²) >= 11 is 0. The highest BCUT2D eigenvalue weighted by atomic mass is 15.4. The van der Waals surface area contributed by atoms with Crippen LogP contribution in [0, 0.1) is 0 Å². The third kappa shape index (κ3) is 10.4. The van der Waals surface area contributed by atoms with Crippen molar-refractivity contribution in [3.8, 4) is 0 Å². The summed E-state index contributed by atoms with van der Waals surface area (Å²) in [6, 6.07) is 0. The zero-order valence-corrected chi connectivity index (χ0v) is 12.9. The van der Waals surface area contributed by atoms with Gasteiger partial charge in [-0.25, -0.2) is 0 Å². The van der Waals surface area contributed by atoms with E-state index < -0.39 is 0 Å². The second-order valence-corrected chi connectivity index (χ2v) is 4.95. The molecular formula is C16H32N2. The second kappa shape index (κ2) is 12.7. The molecule has 18 heavy (non-hydrogen) atoms. The number of unbranched alkanes of at least 4 members (excludes halogenated alkanes) is 4. The Morgan fingerprint density at radius 1 is 0.944 bits per heavy atom. The number of allylic oxidation sites excluding steroid dienone is 2. The summed E-state index contributed by atoms with van der Waals surface area (Å²) in [6.45, 7) is 10.9. The van der Waals surface area contributed by atoms with Gasteiger partial charge >= 0.3 is 0 Å². The fourth-order valence-electron chi connectivity index (χ4n) is 1.83. The molecule has 0 N–H and O–H groups in total. The molecule has 2 heteroatoms. The van der Waals surface area contributed by atoms with Gasteiger partial charge in [-0.05, 0) is 38.7 Å². The van der Waals surface area contributed by atoms with Crippen molar-refractivity contribution in [2.45, 2.75) is 72.6 Å². The van der Waals surface area contributed by atoms with Crippen molar-refractivity contribution in [2.24, 2.45) is 5.10 Å². The van der Waals surface area contributed by atoms with Crippen molar-refractivity contribution in [1.82, 2.24) is 5.01 Å². The van der Waals surface area contributed by atoms with E-state index in [1.54, 1.807) is 0 Å². The lowest BCUT2D eigenvalue weighted by Crippen LogP contribution is -2.20. The van der Waals surface area contributed by atoms with Crippen LogP contribution in [0.3, 0.4) is 0 Å². The molecule has 0 aromatic heterocycles. The molecule has 0 saturated carbocycles. The first-order valence-electron chi connectivity index (χ1n) is 7.71. The van der Waals surface area contributed by atoms with Crippen molar-refractivity contribution in [1.29, 1.82) is 0 Å². The van der Waals surface area contributed by atoms with E-state index in [9.17, 15) is 0 Å². The van der Waals surface area contributed by atoms with Gasteiger partial charge in [-0.15, -0.1) is 0 Å². The first kappa shape index (κ1) is 17.2. The Balaban J connectivity index is 4.06. The summed E-state index contributed by atoms with van der Waals surface area (Å²) in [5.74, 6) is 0. The standard InChI is InChI=1S/C16H32N2/c1-5-8-10-11-12-13-16(4)17-18(14-7-3)15-9-6-2/h12-13H,5-11,14-15H2,1-4H3/b13-12+,17-16?. The van der Waals surface area contributed by atoms with Gasteiger partial charge in [-0.1, -0.05) is 46.1 Å². The molecule has 0 heterocycles. The van der Waals surface area contributed by atoms with Gasteiger partial charge in [0.15, 0.2) is 0 Å². The lowest BCUT2D eigenvalue weighted by Gasteiger charge is -2.18. The van der Waals surface area contributed by atoms with E-state index in [4.69, 9.17) is 0 Å². The molecule has 0 bridgehead atoms. The van der Waals surface area contributed by atoms with Crippen LogP contribution in [0.25, 0.3) is 0 Å². The smallest absolute Gasteiger partial charge is 0.0571 e. The van der Waals surface area contributed by atoms with Crippen LogP contribution in [0.4, 0.5) is 0 Å². The summed E-state index contributed by atoms with van der Waals surface area (Å²) in [5, 5.41) is 6.90. The summed E-state index contributed by atoms with van der Waals surface area (Å²) in [7, 11) is 0. The topological polar surface area (TPSA) is 15.6 Å². The van der Waals surface area contributed by atoms with Crippen LogP contribution in [0.15, 0.2) is 17.3 Å². The number of hydrogen-bond donors (Lipinski definition) is 0. The molecule has 0 atom stereocenters. The van der Waals surface area contributed by atoms with Crippen LogP contribution in [-0.4, -0.2) is 23.8 Å². The van der Waals surface area contributed by atoms with E-state index in [0.29, 0.717) is 0 Å². The van der Waals surface area contributed by atoms with E-state index in [-0.39, 0.29) is 0 Å². The molecule has 0 aliphatic rings. The van der Waals surface area contributed by atoms with Gasteiger partial charge in [0.1, 0.15) is 0 Å². The second-order valence-electron chi connectivity index (χ2n) is 4.95. The normalized spacial score (nSPS) is 12.3. The van der Waals surface area contributed by atoms with Gasteiger partial charge in [0, 0.05) is 13.1 Å². The molecule has 106 valence electrons. The highest BCUT2D eigenvalue weighted by Gasteiger charge is 1.98. The number of hydrogen-bond acceptors (Lipinski definition) is 2. The summed E-state index contributed by atoms with van der Waals surface area (Å²) in [5.41, 5.74) is 1.14. The molecule has 0 fully saturated rings. The first-order valence-corrected chi connectivity index (χ1v) is 7.71. The lowest BCUT2D eigenvalue weighted by atomic mass is 10.2. The van der Waals surface area contributed by atoms with E-state index >= 15 is 0 Å². The van der Waals surface area contributed by atoms with Crippen LogP contribution in [-0.2, 0) is 0 Å². The maximum absolute atomic E-state index is 4.68. The molecule has 0 spiro atoms. The molecule has 0 unspecified atom stereocenters. The third-order valence-corrected chi connectivity index (χ3v) is 2.88. The zero-order valence-electron chi connectivity index (χ0n) is 12.9. The van der Waals surface area contributed by atoms with Gasteiger partial charge in [0.05, 0.1) is 5.71 Å². The van der Waals surface area contributed by atoms with Crippen LogP contribution in [0.2, 0.25) is 0 Å². The quantitative estimate of drug-likeness (QED) is 0.287. The lowest BCUT2D eigenvalue weighted by molar-refractivity contribution is 0.284. The van der Waals surface area contributed by atoms with Crippen molar-refractivity contribution in [3.63, 3.8) is 0 Å². The maximum Gasteiger partial charge on any atom is 0.0571 e. The van der Waals surface area contributed by atoms with Crippen LogP contribution >= 0.6 is 0 Å². The Bertz CT molecular complexity index is 231. The van der Waals surface area contributed by atoms with Gasteiger partial charge in [-0.2, -0.15) is 5.10 Å². The largest absolute Gasteiger partial charge is 0.297 e. The Morgan fingerprint density at radius 2 is 1.67 bits per heavy atom. The first-order chi connectivity index (χ1) is 8.74. The minimum Gasteiger partial charge on any atom is -0.297 e. The molecule has 0 aromatic carbocycles. The molecule has 0 radical (unpaired) electrons. The van der Waals surface area contributed by atoms with Crippen molar-refractivity contribution in [2.75, 3.05) is 13.1 Å². The predicted molar refractivity (Wildman–Crippen MR) is 83.2 cm³/mol. The molecule has 0 amide bonds.